The molecule has 6 nitrogen and oxygen atoms in total. The Labute approximate surface area is 129 Å². The van der Waals surface area contributed by atoms with Gasteiger partial charge >= 0.3 is 5.97 Å². The molecule has 0 saturated carbocycles. The fourth-order valence-corrected chi connectivity index (χ4v) is 2.58. The molecule has 116 valence electrons. The molecule has 0 radical (unpaired) electrons. The Morgan fingerprint density at radius 3 is 2.91 bits per heavy atom. The molecular formula is C16H19N3O3. The van der Waals surface area contributed by atoms with Gasteiger partial charge in [-0.2, -0.15) is 5.26 Å². The number of nitriles is 1. The van der Waals surface area contributed by atoms with Crippen LogP contribution in [0.3, 0.4) is 0 Å². The molecule has 0 aromatic heterocycles. The molecule has 1 atom stereocenters. The fourth-order valence-electron chi connectivity index (χ4n) is 2.58. The van der Waals surface area contributed by atoms with Crippen molar-refractivity contribution in [3.63, 3.8) is 0 Å². The third-order valence-corrected chi connectivity index (χ3v) is 3.57. The first kappa shape index (κ1) is 15.8. The molecular weight excluding hydrogens is 282 g/mol. The molecule has 22 heavy (non-hydrogen) atoms. The Bertz CT molecular complexity index is 595. The highest BCUT2D eigenvalue weighted by Gasteiger charge is 2.25. The van der Waals surface area contributed by atoms with Crippen molar-refractivity contribution in [3.05, 3.63) is 29.8 Å². The van der Waals surface area contributed by atoms with Crippen molar-refractivity contribution in [2.45, 2.75) is 32.4 Å². The first-order valence-electron chi connectivity index (χ1n) is 7.30. The van der Waals surface area contributed by atoms with Gasteiger partial charge in [-0.1, -0.05) is 12.1 Å². The summed E-state index contributed by atoms with van der Waals surface area (Å²) in [6.07, 6.45) is 2.62. The smallest absolute Gasteiger partial charge is 0.303 e. The lowest BCUT2D eigenvalue weighted by Gasteiger charge is -2.38. The molecule has 1 saturated heterocycles. The summed E-state index contributed by atoms with van der Waals surface area (Å²) in [4.78, 5) is 24.7. The van der Waals surface area contributed by atoms with Crippen LogP contribution in [0.5, 0.6) is 0 Å². The van der Waals surface area contributed by atoms with Crippen LogP contribution in [0.1, 0.15) is 31.7 Å². The molecule has 1 aromatic rings. The van der Waals surface area contributed by atoms with Crippen molar-refractivity contribution in [3.8, 4) is 6.07 Å². The summed E-state index contributed by atoms with van der Waals surface area (Å²) in [6, 6.07) is 9.53. The van der Waals surface area contributed by atoms with Crippen LogP contribution in [0.4, 0.5) is 5.69 Å². The highest BCUT2D eigenvalue weighted by atomic mass is 16.5. The molecule has 1 heterocycles. The van der Waals surface area contributed by atoms with Crippen LogP contribution in [0.2, 0.25) is 0 Å². The molecule has 1 unspecified atom stereocenters. The number of nitrogens with zero attached hydrogens (tertiary/aromatic N) is 2. The van der Waals surface area contributed by atoms with Crippen LogP contribution in [-0.4, -0.2) is 31.2 Å². The number of amides is 1. The van der Waals surface area contributed by atoms with Crippen molar-refractivity contribution in [1.29, 1.82) is 5.26 Å². The van der Waals surface area contributed by atoms with Crippen LogP contribution in [-0.2, 0) is 14.3 Å². The summed E-state index contributed by atoms with van der Waals surface area (Å²) in [5.74, 6) is -0.813. The minimum atomic E-state index is -0.481. The minimum Gasteiger partial charge on any atom is -0.456 e. The Morgan fingerprint density at radius 1 is 1.41 bits per heavy atom. The van der Waals surface area contributed by atoms with Gasteiger partial charge in [0.05, 0.1) is 11.3 Å². The molecule has 0 spiro atoms. The summed E-state index contributed by atoms with van der Waals surface area (Å²) >= 11 is 0. The maximum absolute atomic E-state index is 11.9. The summed E-state index contributed by atoms with van der Waals surface area (Å²) in [7, 11) is 0. The van der Waals surface area contributed by atoms with Crippen LogP contribution < -0.4 is 10.2 Å². The lowest BCUT2D eigenvalue weighted by Crippen LogP contribution is -2.52. The molecule has 0 aliphatic carbocycles. The van der Waals surface area contributed by atoms with E-state index in [1.54, 1.807) is 6.07 Å². The number of ether oxygens (including phenoxy) is 1. The summed E-state index contributed by atoms with van der Waals surface area (Å²) < 4.78 is 4.71. The van der Waals surface area contributed by atoms with E-state index in [4.69, 9.17) is 4.74 Å². The molecule has 1 aromatic carbocycles. The van der Waals surface area contributed by atoms with Gasteiger partial charge < -0.3 is 15.0 Å². The monoisotopic (exact) mass is 301 g/mol. The van der Waals surface area contributed by atoms with Gasteiger partial charge in [0.15, 0.2) is 6.61 Å². The quantitative estimate of drug-likeness (QED) is 0.853. The van der Waals surface area contributed by atoms with E-state index in [1.165, 1.54) is 6.92 Å². The zero-order chi connectivity index (χ0) is 15.9. The maximum Gasteiger partial charge on any atom is 0.303 e. The molecule has 1 N–H and O–H groups in total. The van der Waals surface area contributed by atoms with E-state index >= 15 is 0 Å². The number of nitrogens with one attached hydrogen (secondary N) is 1. The first-order chi connectivity index (χ1) is 10.6. The van der Waals surface area contributed by atoms with Crippen molar-refractivity contribution >= 4 is 17.6 Å². The molecule has 1 aliphatic heterocycles. The van der Waals surface area contributed by atoms with E-state index in [0.29, 0.717) is 5.56 Å². The predicted molar refractivity (Wildman–Crippen MR) is 80.9 cm³/mol. The third kappa shape index (κ3) is 3.98. The lowest BCUT2D eigenvalue weighted by molar-refractivity contribution is -0.146. The Morgan fingerprint density at radius 2 is 2.18 bits per heavy atom. The van der Waals surface area contributed by atoms with Crippen LogP contribution >= 0.6 is 0 Å². The fraction of sp³-hybridized carbons (Fsp3) is 0.438. The van der Waals surface area contributed by atoms with Crippen LogP contribution in [0.25, 0.3) is 0 Å². The van der Waals surface area contributed by atoms with Crippen molar-refractivity contribution in [2.24, 2.45) is 0 Å². The number of piperidine rings is 1. The third-order valence-electron chi connectivity index (χ3n) is 3.57. The predicted octanol–water partition coefficient (Wildman–Crippen LogP) is 1.55. The van der Waals surface area contributed by atoms with Gasteiger partial charge in [-0.15, -0.1) is 0 Å². The molecule has 0 bridgehead atoms. The van der Waals surface area contributed by atoms with E-state index in [0.717, 1.165) is 31.5 Å². The highest BCUT2D eigenvalue weighted by Crippen LogP contribution is 2.26. The van der Waals surface area contributed by atoms with Crippen molar-refractivity contribution in [1.82, 2.24) is 5.32 Å². The maximum atomic E-state index is 11.9. The second-order valence-corrected chi connectivity index (χ2v) is 5.18. The number of benzene rings is 1. The molecule has 1 fully saturated rings. The zero-order valence-electron chi connectivity index (χ0n) is 12.5. The van der Waals surface area contributed by atoms with Gasteiger partial charge in [0.25, 0.3) is 5.91 Å². The van der Waals surface area contributed by atoms with Crippen LogP contribution in [0.15, 0.2) is 24.3 Å². The van der Waals surface area contributed by atoms with Gasteiger partial charge in [0.1, 0.15) is 12.2 Å². The number of hydrogen-bond acceptors (Lipinski definition) is 5. The van der Waals surface area contributed by atoms with E-state index < -0.39 is 5.97 Å². The number of carbonyl (C=O) groups excluding carboxylic acids is 2. The zero-order valence-corrected chi connectivity index (χ0v) is 12.5. The average molecular weight is 301 g/mol. The molecule has 2 rings (SSSR count). The molecule has 1 aliphatic rings. The topological polar surface area (TPSA) is 82.4 Å². The standard InChI is InChI=1S/C16H19N3O3/c1-12(20)22-11-16(21)18-15-8-4-5-9-19(15)14-7-3-2-6-13(14)10-17/h2-3,6-7,15H,4-5,8-9,11H2,1H3,(H,18,21). The average Bonchev–Trinajstić information content (AvgIpc) is 2.53. The second-order valence-electron chi connectivity index (χ2n) is 5.18. The summed E-state index contributed by atoms with van der Waals surface area (Å²) in [5.41, 5.74) is 1.41. The Hall–Kier alpha value is -2.55. The lowest BCUT2D eigenvalue weighted by atomic mass is 10.0. The van der Waals surface area contributed by atoms with Crippen molar-refractivity contribution < 1.29 is 14.3 Å². The van der Waals surface area contributed by atoms with Gasteiger partial charge in [-0.3, -0.25) is 9.59 Å². The summed E-state index contributed by atoms with van der Waals surface area (Å²) in [5, 5.41) is 12.1. The van der Waals surface area contributed by atoms with Gasteiger partial charge in [-0.05, 0) is 31.4 Å². The number of para-hydroxylation sites is 1. The van der Waals surface area contributed by atoms with E-state index in [1.807, 2.05) is 23.1 Å². The van der Waals surface area contributed by atoms with Gasteiger partial charge in [-0.25, -0.2) is 0 Å². The van der Waals surface area contributed by atoms with Crippen LogP contribution in [0, 0.1) is 11.3 Å². The highest BCUT2D eigenvalue weighted by molar-refractivity contribution is 5.80. The Kier molecular flexibility index (Phi) is 5.37. The number of rotatable bonds is 4. The Balaban J connectivity index is 2.10. The molecule has 6 heteroatoms. The van der Waals surface area contributed by atoms with Crippen molar-refractivity contribution in [2.75, 3.05) is 18.1 Å². The normalized spacial score (nSPS) is 17.5. The largest absolute Gasteiger partial charge is 0.456 e. The SMILES string of the molecule is CC(=O)OCC(=O)NC1CCCCN1c1ccccc1C#N. The second kappa shape index (κ2) is 7.46. The number of hydrogen-bond donors (Lipinski definition) is 1. The van der Waals surface area contributed by atoms with E-state index in [2.05, 4.69) is 11.4 Å². The number of carbonyl (C=O) groups is 2. The summed E-state index contributed by atoms with van der Waals surface area (Å²) in [6.45, 7) is 1.76. The van der Waals surface area contributed by atoms with E-state index in [-0.39, 0.29) is 18.7 Å². The number of anilines is 1. The van der Waals surface area contributed by atoms with E-state index in [9.17, 15) is 14.9 Å². The minimum absolute atomic E-state index is 0.189. The first-order valence-corrected chi connectivity index (χ1v) is 7.30. The van der Waals surface area contributed by atoms with Gasteiger partial charge in [0.2, 0.25) is 0 Å². The van der Waals surface area contributed by atoms with Gasteiger partial charge in [0, 0.05) is 13.5 Å². The number of esters is 1. The molecule has 1 amide bonds.